The molecule has 3 unspecified atom stereocenters. The Morgan fingerprint density at radius 1 is 1.19 bits per heavy atom. The lowest BCUT2D eigenvalue weighted by molar-refractivity contribution is -0.148. The first-order chi connectivity index (χ1) is 12.5. The van der Waals surface area contributed by atoms with E-state index in [1.807, 2.05) is 11.8 Å². The lowest BCUT2D eigenvalue weighted by Crippen LogP contribution is -2.55. The molecule has 0 radical (unpaired) electrons. The zero-order valence-corrected chi connectivity index (χ0v) is 16.0. The predicted molar refractivity (Wildman–Crippen MR) is 102 cm³/mol. The van der Waals surface area contributed by atoms with Crippen LogP contribution < -0.4 is 0 Å². The van der Waals surface area contributed by atoms with E-state index < -0.39 is 6.10 Å². The Bertz CT molecular complexity index is 570. The third-order valence-corrected chi connectivity index (χ3v) is 5.86. The van der Waals surface area contributed by atoms with Crippen molar-refractivity contribution in [1.29, 1.82) is 0 Å². The number of carbonyl (C=O) groups is 1. The minimum Gasteiger partial charge on any atom is -0.391 e. The molecule has 2 saturated heterocycles. The van der Waals surface area contributed by atoms with E-state index in [0.717, 1.165) is 32.4 Å². The van der Waals surface area contributed by atoms with E-state index in [-0.39, 0.29) is 18.1 Å². The van der Waals surface area contributed by atoms with Gasteiger partial charge in [0.2, 0.25) is 5.91 Å². The number of likely N-dealkylation sites (tertiary alicyclic amines) is 1. The highest BCUT2D eigenvalue weighted by molar-refractivity contribution is 5.81. The fourth-order valence-corrected chi connectivity index (χ4v) is 4.08. The van der Waals surface area contributed by atoms with Crippen molar-refractivity contribution < 1.29 is 14.6 Å². The molecule has 0 saturated carbocycles. The maximum absolute atomic E-state index is 12.9. The van der Waals surface area contributed by atoms with Crippen molar-refractivity contribution in [3.63, 3.8) is 0 Å². The molecular weight excluding hydrogens is 328 g/mol. The summed E-state index contributed by atoms with van der Waals surface area (Å²) < 4.78 is 5.56. The van der Waals surface area contributed by atoms with Crippen LogP contribution >= 0.6 is 0 Å². The van der Waals surface area contributed by atoms with Gasteiger partial charge in [0, 0.05) is 13.1 Å². The van der Waals surface area contributed by atoms with Gasteiger partial charge in [-0.1, -0.05) is 30.3 Å². The number of aliphatic hydroxyl groups excluding tert-OH is 1. The molecule has 26 heavy (non-hydrogen) atoms. The maximum Gasteiger partial charge on any atom is 0.239 e. The van der Waals surface area contributed by atoms with Crippen molar-refractivity contribution in [1.82, 2.24) is 9.80 Å². The molecule has 5 heteroatoms. The number of aliphatic hydroxyl groups is 1. The number of amides is 1. The van der Waals surface area contributed by atoms with Crippen LogP contribution in [0, 0.1) is 5.92 Å². The monoisotopic (exact) mass is 360 g/mol. The second kappa shape index (κ2) is 8.98. The molecule has 144 valence electrons. The van der Waals surface area contributed by atoms with Crippen LogP contribution in [0.3, 0.4) is 0 Å². The highest BCUT2D eigenvalue weighted by atomic mass is 16.5. The van der Waals surface area contributed by atoms with Crippen molar-refractivity contribution in [2.75, 3.05) is 32.8 Å². The van der Waals surface area contributed by atoms with Gasteiger partial charge >= 0.3 is 0 Å². The van der Waals surface area contributed by atoms with Crippen LogP contribution in [-0.2, 0) is 16.0 Å². The number of nitrogens with zero attached hydrogens (tertiary/aromatic N) is 2. The fourth-order valence-electron chi connectivity index (χ4n) is 4.08. The molecule has 1 amide bonds. The number of carbonyl (C=O) groups excluding carboxylic acids is 1. The Labute approximate surface area is 156 Å². The van der Waals surface area contributed by atoms with Crippen LogP contribution in [-0.4, -0.2) is 71.8 Å². The van der Waals surface area contributed by atoms with Crippen LogP contribution in [0.1, 0.15) is 32.3 Å². The lowest BCUT2D eigenvalue weighted by atomic mass is 9.89. The van der Waals surface area contributed by atoms with Gasteiger partial charge in [-0.25, -0.2) is 0 Å². The van der Waals surface area contributed by atoms with Crippen LogP contribution in [0.25, 0.3) is 0 Å². The van der Waals surface area contributed by atoms with Gasteiger partial charge in [0.25, 0.3) is 0 Å². The zero-order valence-electron chi connectivity index (χ0n) is 16.0. The van der Waals surface area contributed by atoms with E-state index in [2.05, 4.69) is 35.2 Å². The van der Waals surface area contributed by atoms with Gasteiger partial charge in [0.05, 0.1) is 18.8 Å². The van der Waals surface area contributed by atoms with Crippen molar-refractivity contribution in [3.8, 4) is 0 Å². The molecule has 0 aliphatic carbocycles. The summed E-state index contributed by atoms with van der Waals surface area (Å²) in [5, 5.41) is 9.74. The molecule has 0 bridgehead atoms. The molecule has 2 fully saturated rings. The first-order valence-corrected chi connectivity index (χ1v) is 9.91. The summed E-state index contributed by atoms with van der Waals surface area (Å²) in [5.41, 5.74) is 1.41. The summed E-state index contributed by atoms with van der Waals surface area (Å²) in [6, 6.07) is 10.6. The second-order valence-corrected chi connectivity index (χ2v) is 7.78. The summed E-state index contributed by atoms with van der Waals surface area (Å²) in [4.78, 5) is 17.1. The number of morpholine rings is 1. The summed E-state index contributed by atoms with van der Waals surface area (Å²) in [6.07, 6.45) is 2.61. The van der Waals surface area contributed by atoms with Crippen molar-refractivity contribution in [2.45, 2.75) is 51.4 Å². The van der Waals surface area contributed by atoms with Crippen molar-refractivity contribution in [2.24, 2.45) is 5.92 Å². The van der Waals surface area contributed by atoms with E-state index in [0.29, 0.717) is 25.6 Å². The molecule has 0 aromatic heterocycles. The van der Waals surface area contributed by atoms with Gasteiger partial charge in [-0.05, 0) is 57.7 Å². The first kappa shape index (κ1) is 19.3. The van der Waals surface area contributed by atoms with Crippen LogP contribution in [0.4, 0.5) is 0 Å². The second-order valence-electron chi connectivity index (χ2n) is 7.78. The van der Waals surface area contributed by atoms with Crippen molar-refractivity contribution >= 4 is 5.91 Å². The Hall–Kier alpha value is -1.43. The summed E-state index contributed by atoms with van der Waals surface area (Å²) in [7, 11) is 0. The Morgan fingerprint density at radius 2 is 1.88 bits per heavy atom. The van der Waals surface area contributed by atoms with E-state index in [4.69, 9.17) is 4.74 Å². The minimum absolute atomic E-state index is 0.0968. The van der Waals surface area contributed by atoms with Crippen LogP contribution in [0.5, 0.6) is 0 Å². The van der Waals surface area contributed by atoms with Crippen molar-refractivity contribution in [3.05, 3.63) is 35.9 Å². The highest BCUT2D eigenvalue weighted by Gasteiger charge is 2.33. The molecule has 2 heterocycles. The molecule has 3 atom stereocenters. The van der Waals surface area contributed by atoms with E-state index in [9.17, 15) is 9.90 Å². The summed E-state index contributed by atoms with van der Waals surface area (Å²) in [5.74, 6) is 0.874. The summed E-state index contributed by atoms with van der Waals surface area (Å²) in [6.45, 7) is 7.32. The van der Waals surface area contributed by atoms with Gasteiger partial charge in [0.15, 0.2) is 0 Å². The quantitative estimate of drug-likeness (QED) is 0.872. The smallest absolute Gasteiger partial charge is 0.239 e. The van der Waals surface area contributed by atoms with E-state index in [1.54, 1.807) is 6.92 Å². The number of benzene rings is 1. The average Bonchev–Trinajstić information content (AvgIpc) is 2.68. The van der Waals surface area contributed by atoms with Gasteiger partial charge in [0.1, 0.15) is 6.10 Å². The molecule has 1 N–H and O–H groups in total. The first-order valence-electron chi connectivity index (χ1n) is 9.91. The topological polar surface area (TPSA) is 53.0 Å². The normalized spacial score (nSPS) is 25.0. The standard InChI is InChI=1S/C21H32N2O3/c1-16(21(25)23-12-13-26-20(15-23)17(2)24)22-10-8-19(9-11-22)14-18-6-4-3-5-7-18/h3-7,16-17,19-20,24H,8-15H2,1-2H3. The van der Waals surface area contributed by atoms with Gasteiger partial charge in [-0.3, -0.25) is 9.69 Å². The Kier molecular flexibility index (Phi) is 6.68. The van der Waals surface area contributed by atoms with Gasteiger partial charge < -0.3 is 14.7 Å². The molecule has 3 rings (SSSR count). The third-order valence-electron chi connectivity index (χ3n) is 5.86. The molecule has 1 aromatic rings. The number of piperidine rings is 1. The lowest BCUT2D eigenvalue weighted by Gasteiger charge is -2.40. The number of hydrogen-bond acceptors (Lipinski definition) is 4. The number of ether oxygens (including phenoxy) is 1. The van der Waals surface area contributed by atoms with Gasteiger partial charge in [-0.2, -0.15) is 0 Å². The molecule has 2 aliphatic rings. The van der Waals surface area contributed by atoms with Gasteiger partial charge in [-0.15, -0.1) is 0 Å². The number of hydrogen-bond donors (Lipinski definition) is 1. The fraction of sp³-hybridized carbons (Fsp3) is 0.667. The molecule has 5 nitrogen and oxygen atoms in total. The third kappa shape index (κ3) is 4.84. The van der Waals surface area contributed by atoms with Crippen LogP contribution in [0.2, 0.25) is 0 Å². The van der Waals surface area contributed by atoms with Crippen LogP contribution in [0.15, 0.2) is 30.3 Å². The Morgan fingerprint density at radius 3 is 2.54 bits per heavy atom. The molecule has 2 aliphatic heterocycles. The number of rotatable bonds is 5. The molecular formula is C21H32N2O3. The average molecular weight is 360 g/mol. The predicted octanol–water partition coefficient (Wildman–Crippen LogP) is 1.94. The minimum atomic E-state index is -0.547. The van der Waals surface area contributed by atoms with E-state index in [1.165, 1.54) is 5.56 Å². The van der Waals surface area contributed by atoms with E-state index >= 15 is 0 Å². The summed E-state index contributed by atoms with van der Waals surface area (Å²) >= 11 is 0. The highest BCUT2D eigenvalue weighted by Crippen LogP contribution is 2.23. The largest absolute Gasteiger partial charge is 0.391 e. The molecule has 0 spiro atoms. The molecule has 1 aromatic carbocycles. The Balaban J connectivity index is 1.48. The zero-order chi connectivity index (χ0) is 18.5. The SMILES string of the molecule is CC(O)C1CN(C(=O)C(C)N2CCC(Cc3ccccc3)CC2)CCO1. The maximum atomic E-state index is 12.9.